The molecule has 0 unspecified atom stereocenters. The summed E-state index contributed by atoms with van der Waals surface area (Å²) in [4.78, 5) is 45.4. The number of esters is 2. The molecule has 414 valence electrons. The van der Waals surface area contributed by atoms with Crippen LogP contribution < -0.4 is 10.4 Å². The van der Waals surface area contributed by atoms with Gasteiger partial charge in [0.25, 0.3) is 0 Å². The standard InChI is InChI=1S/C68H76O11/c1-40(37-70)52-26-23-41-18-21-47-33-45(41)20-19-42-11-4-6-16-56(42)67(2)64(78-65(52)73)63(61-58(79-67)29-28-54-55(38-71)60(66(74)77-62(54)61)48(30-32-69)39-75-3)76-59(72)36-49-34-46(24-27-53(47)49)44-13-10-15-51(35-44)68-31-9-8-14-50(68)25-22-43-12-5-7-17-57(43)68/h5,7,10,12-13,15,17-18,21-22,24-25,27-29,33,35,42,46,48-50,53,56,63-64,69-71H,4,6,8-9,11,14,16,19-20,23,26,30-32,34,36-39H2,1-3H3/b52-40-/t42-,46+,48+,49+,50+,53-,56-,63+,64-,67-,68-/m0/s1. The second kappa shape index (κ2) is 22.1. The van der Waals surface area contributed by atoms with Crippen LogP contribution in [0.15, 0.2) is 117 Å². The first-order valence-electron chi connectivity index (χ1n) is 29.4. The number of carbonyl (C=O) groups excluding carboxylic acids is 2. The molecule has 12 rings (SSSR count). The van der Waals surface area contributed by atoms with Gasteiger partial charge >= 0.3 is 17.6 Å². The van der Waals surface area contributed by atoms with Crippen LogP contribution in [0.25, 0.3) is 17.0 Å². The molecule has 11 heteroatoms. The summed E-state index contributed by atoms with van der Waals surface area (Å²) in [6.45, 7) is 2.74. The van der Waals surface area contributed by atoms with Gasteiger partial charge in [0.1, 0.15) is 11.3 Å². The zero-order valence-electron chi connectivity index (χ0n) is 46.1. The van der Waals surface area contributed by atoms with Gasteiger partial charge in [-0.1, -0.05) is 123 Å². The molecular weight excluding hydrogens is 993 g/mol. The molecule has 7 aliphatic rings. The number of aliphatic hydroxyl groups excluding tert-OH is 3. The Hall–Kier alpha value is -6.11. The molecule has 5 bridgehead atoms. The van der Waals surface area contributed by atoms with Gasteiger partial charge in [-0.15, -0.1) is 0 Å². The third kappa shape index (κ3) is 9.44. The van der Waals surface area contributed by atoms with Crippen LogP contribution in [-0.4, -0.2) is 65.9 Å². The summed E-state index contributed by atoms with van der Waals surface area (Å²) in [5, 5.41) is 32.4. The van der Waals surface area contributed by atoms with Crippen molar-refractivity contribution in [2.24, 2.45) is 23.7 Å². The highest BCUT2D eigenvalue weighted by Crippen LogP contribution is 2.56. The average molecular weight is 1070 g/mol. The van der Waals surface area contributed by atoms with Crippen molar-refractivity contribution in [1.82, 2.24) is 0 Å². The van der Waals surface area contributed by atoms with E-state index in [4.69, 9.17) is 23.4 Å². The minimum absolute atomic E-state index is 0.00854. The van der Waals surface area contributed by atoms with Crippen molar-refractivity contribution in [3.05, 3.63) is 174 Å². The Kier molecular flexibility index (Phi) is 15.0. The zero-order valence-corrected chi connectivity index (χ0v) is 46.1. The predicted octanol–water partition coefficient (Wildman–Crippen LogP) is 12.1. The average Bonchev–Trinajstić information content (AvgIpc) is 3.51. The van der Waals surface area contributed by atoms with Gasteiger partial charge < -0.3 is 38.7 Å². The summed E-state index contributed by atoms with van der Waals surface area (Å²) in [6, 6.07) is 28.5. The number of benzene rings is 4. The third-order valence-corrected chi connectivity index (χ3v) is 20.1. The minimum atomic E-state index is -1.32. The topological polar surface area (TPSA) is 162 Å². The molecule has 11 nitrogen and oxygen atoms in total. The van der Waals surface area contributed by atoms with E-state index < -0.39 is 47.9 Å². The lowest BCUT2D eigenvalue weighted by molar-refractivity contribution is -0.205. The van der Waals surface area contributed by atoms with Crippen LogP contribution >= 0.6 is 0 Å². The monoisotopic (exact) mass is 1070 g/mol. The van der Waals surface area contributed by atoms with Crippen molar-refractivity contribution in [3.63, 3.8) is 0 Å². The van der Waals surface area contributed by atoms with Gasteiger partial charge in [0.15, 0.2) is 17.8 Å². The van der Waals surface area contributed by atoms with Crippen molar-refractivity contribution in [3.8, 4) is 5.75 Å². The normalized spacial score (nSPS) is 30.3. The summed E-state index contributed by atoms with van der Waals surface area (Å²) < 4.78 is 33.2. The van der Waals surface area contributed by atoms with Crippen LogP contribution in [0.3, 0.4) is 0 Å². The number of hydrogen-bond acceptors (Lipinski definition) is 11. The fourth-order valence-electron chi connectivity index (χ4n) is 16.1. The second-order valence-corrected chi connectivity index (χ2v) is 24.2. The number of ether oxygens (including phenoxy) is 4. The molecule has 4 aliphatic carbocycles. The number of carbonyl (C=O) groups is 2. The maximum atomic E-state index is 15.6. The molecule has 79 heavy (non-hydrogen) atoms. The van der Waals surface area contributed by atoms with E-state index in [1.54, 1.807) is 19.1 Å². The predicted molar refractivity (Wildman–Crippen MR) is 303 cm³/mol. The Bertz CT molecular complexity index is 3300. The molecule has 2 fully saturated rings. The van der Waals surface area contributed by atoms with Crippen molar-refractivity contribution in [2.45, 2.75) is 158 Å². The van der Waals surface area contributed by atoms with Gasteiger partial charge in [0.2, 0.25) is 0 Å². The number of rotatable bonds is 9. The Labute approximate surface area is 463 Å². The third-order valence-electron chi connectivity index (χ3n) is 20.1. The van der Waals surface area contributed by atoms with Crippen molar-refractivity contribution in [1.29, 1.82) is 0 Å². The highest BCUT2D eigenvalue weighted by atomic mass is 16.6. The molecule has 3 N–H and O–H groups in total. The van der Waals surface area contributed by atoms with Crippen molar-refractivity contribution < 1.29 is 48.3 Å². The highest BCUT2D eigenvalue weighted by molar-refractivity contribution is 5.90. The molecule has 0 amide bonds. The number of hydrogen-bond donors (Lipinski definition) is 3. The van der Waals surface area contributed by atoms with Crippen LogP contribution in [0.4, 0.5) is 0 Å². The summed E-state index contributed by atoms with van der Waals surface area (Å²) in [7, 11) is 1.52. The maximum Gasteiger partial charge on any atom is 0.340 e. The molecule has 4 aromatic carbocycles. The first kappa shape index (κ1) is 53.5. The Morgan fingerprint density at radius 1 is 0.810 bits per heavy atom. The van der Waals surface area contributed by atoms with Gasteiger partial charge in [-0.2, -0.15) is 0 Å². The number of aliphatic hydroxyl groups is 3. The Morgan fingerprint density at radius 2 is 1.66 bits per heavy atom. The zero-order chi connectivity index (χ0) is 54.6. The molecule has 4 heterocycles. The lowest BCUT2D eigenvalue weighted by Gasteiger charge is -2.52. The van der Waals surface area contributed by atoms with Gasteiger partial charge in [-0.25, -0.2) is 9.59 Å². The van der Waals surface area contributed by atoms with Gasteiger partial charge in [-0.05, 0) is 152 Å². The van der Waals surface area contributed by atoms with Gasteiger partial charge in [0, 0.05) is 65.7 Å². The molecule has 2 saturated carbocycles. The summed E-state index contributed by atoms with van der Waals surface area (Å²) >= 11 is 0. The van der Waals surface area contributed by atoms with Crippen molar-refractivity contribution >= 4 is 29.0 Å². The fourth-order valence-corrected chi connectivity index (χ4v) is 16.1. The van der Waals surface area contributed by atoms with Gasteiger partial charge in [0.05, 0.1) is 25.4 Å². The van der Waals surface area contributed by atoms with E-state index >= 15 is 9.59 Å². The molecule has 0 spiro atoms. The summed E-state index contributed by atoms with van der Waals surface area (Å²) in [6.07, 6.45) is 18.7. The van der Waals surface area contributed by atoms with E-state index in [1.165, 1.54) is 47.8 Å². The highest BCUT2D eigenvalue weighted by Gasteiger charge is 2.58. The lowest BCUT2D eigenvalue weighted by atomic mass is 9.56. The Balaban J connectivity index is 1.02. The molecular formula is C68H76O11. The molecule has 0 saturated heterocycles. The fraction of sp³-hybridized carbons (Fsp3) is 0.485. The molecule has 5 aromatic rings. The quantitative estimate of drug-likeness (QED) is 0.0557. The van der Waals surface area contributed by atoms with E-state index in [9.17, 15) is 20.1 Å². The van der Waals surface area contributed by atoms with E-state index in [0.717, 1.165) is 62.5 Å². The van der Waals surface area contributed by atoms with Crippen molar-refractivity contribution in [2.75, 3.05) is 26.9 Å². The summed E-state index contributed by atoms with van der Waals surface area (Å²) in [5.74, 6) is -1.27. The lowest BCUT2D eigenvalue weighted by Crippen LogP contribution is -2.60. The molecule has 11 atom stereocenters. The van der Waals surface area contributed by atoms with E-state index in [0.29, 0.717) is 53.0 Å². The second-order valence-electron chi connectivity index (χ2n) is 24.2. The summed E-state index contributed by atoms with van der Waals surface area (Å²) in [5.41, 5.74) is 8.35. The number of fused-ring (bicyclic) bond motifs is 11. The van der Waals surface area contributed by atoms with Crippen LogP contribution in [0.2, 0.25) is 0 Å². The number of aryl methyl sites for hydroxylation is 2. The maximum absolute atomic E-state index is 15.6. The molecule has 0 radical (unpaired) electrons. The first-order chi connectivity index (χ1) is 38.5. The number of allylic oxidation sites excluding steroid dienone is 3. The van der Waals surface area contributed by atoms with Crippen LogP contribution in [0.1, 0.15) is 177 Å². The van der Waals surface area contributed by atoms with E-state index in [2.05, 4.69) is 91.0 Å². The van der Waals surface area contributed by atoms with E-state index in [-0.39, 0.29) is 84.4 Å². The van der Waals surface area contributed by atoms with Gasteiger partial charge in [-0.3, -0.25) is 4.79 Å². The van der Waals surface area contributed by atoms with Crippen LogP contribution in [-0.2, 0) is 48.7 Å². The minimum Gasteiger partial charge on any atom is -0.483 e. The number of methoxy groups -OCH3 is 1. The Morgan fingerprint density at radius 3 is 2.49 bits per heavy atom. The smallest absolute Gasteiger partial charge is 0.340 e. The SMILES string of the molecule is COC[C@@H](CCO)c1c(CO)c2ccc3c(c2oc1=O)[C@H]1OC(=O)C[C@H]2C[C@H](c4cccc([C@]56CCCC[C@@H]5C=Cc5ccccc56)c4)C=C[C@H]2c2ccc4c(c2)CC[C@@H]2CCCC[C@@H]2[C@](C)(O3)[C@H]1OC(=O)/C(=C(/C)CO)CC4. The largest absolute Gasteiger partial charge is 0.483 e. The van der Waals surface area contributed by atoms with Crippen LogP contribution in [0, 0.1) is 23.7 Å². The van der Waals surface area contributed by atoms with Crippen LogP contribution in [0.5, 0.6) is 5.75 Å². The first-order valence-corrected chi connectivity index (χ1v) is 29.4. The molecule has 1 aromatic heterocycles. The molecule has 3 aliphatic heterocycles. The van der Waals surface area contributed by atoms with E-state index in [1.807, 2.05) is 6.92 Å².